The molecule has 0 N–H and O–H groups in total. The first kappa shape index (κ1) is 10.5. The van der Waals surface area contributed by atoms with Crippen molar-refractivity contribution in [1.29, 1.82) is 0 Å². The molecule has 1 nitrogen and oxygen atoms in total. The number of hydrogen-bond donors (Lipinski definition) is 0. The summed E-state index contributed by atoms with van der Waals surface area (Å²) >= 11 is 0. The Morgan fingerprint density at radius 2 is 1.06 bits per heavy atom. The molecule has 1 heterocycles. The summed E-state index contributed by atoms with van der Waals surface area (Å²) in [6.07, 6.45) is 2.91. The molecule has 0 saturated carbocycles. The van der Waals surface area contributed by atoms with Crippen LogP contribution in [0.4, 0.5) is 0 Å². The van der Waals surface area contributed by atoms with Crippen molar-refractivity contribution in [3.8, 4) is 0 Å². The van der Waals surface area contributed by atoms with Gasteiger partial charge < -0.3 is 4.74 Å². The average molecular weight is 224 g/mol. The Hall–Kier alpha value is -1.60. The van der Waals surface area contributed by atoms with Gasteiger partial charge in [-0.05, 0) is 11.1 Å². The van der Waals surface area contributed by atoms with E-state index < -0.39 is 0 Å². The van der Waals surface area contributed by atoms with Gasteiger partial charge in [-0.15, -0.1) is 0 Å². The molecule has 17 heavy (non-hydrogen) atoms. The second-order valence-electron chi connectivity index (χ2n) is 4.59. The largest absolute Gasteiger partial charge is 0.369 e. The van der Waals surface area contributed by atoms with Crippen LogP contribution in [0.2, 0.25) is 0 Å². The van der Waals surface area contributed by atoms with Crippen LogP contribution in [0, 0.1) is 0 Å². The van der Waals surface area contributed by atoms with Crippen LogP contribution in [-0.2, 0) is 17.6 Å². The first-order chi connectivity index (χ1) is 8.42. The summed E-state index contributed by atoms with van der Waals surface area (Å²) in [4.78, 5) is 0. The van der Waals surface area contributed by atoms with E-state index in [1.807, 2.05) is 0 Å². The molecule has 0 bridgehead atoms. The molecule has 0 aromatic heterocycles. The molecule has 1 aliphatic rings. The zero-order valence-electron chi connectivity index (χ0n) is 9.75. The van der Waals surface area contributed by atoms with E-state index >= 15 is 0 Å². The van der Waals surface area contributed by atoms with Crippen LogP contribution in [0.25, 0.3) is 0 Å². The minimum absolute atomic E-state index is 0.414. The fourth-order valence-electron chi connectivity index (χ4n) is 2.23. The monoisotopic (exact) mass is 224 g/mol. The molecule has 2 atom stereocenters. The van der Waals surface area contributed by atoms with Crippen LogP contribution in [-0.4, -0.2) is 12.2 Å². The van der Waals surface area contributed by atoms with Crippen molar-refractivity contribution in [2.45, 2.75) is 25.0 Å². The molecular formula is C16H16O. The van der Waals surface area contributed by atoms with Crippen LogP contribution in [0.3, 0.4) is 0 Å². The lowest BCUT2D eigenvalue weighted by molar-refractivity contribution is 0.368. The number of hydrogen-bond acceptors (Lipinski definition) is 1. The summed E-state index contributed by atoms with van der Waals surface area (Å²) in [6.45, 7) is 0. The van der Waals surface area contributed by atoms with Crippen LogP contribution in [0.15, 0.2) is 60.7 Å². The molecule has 0 unspecified atom stereocenters. The summed E-state index contributed by atoms with van der Waals surface area (Å²) in [6, 6.07) is 21.1. The molecule has 1 aliphatic heterocycles. The predicted molar refractivity (Wildman–Crippen MR) is 69.0 cm³/mol. The summed E-state index contributed by atoms with van der Waals surface area (Å²) in [5.41, 5.74) is 2.74. The summed E-state index contributed by atoms with van der Waals surface area (Å²) in [7, 11) is 0. The SMILES string of the molecule is c1ccc(C[C@H]2O[C@@H]2Cc2ccccc2)cc1. The molecular weight excluding hydrogens is 208 g/mol. The van der Waals surface area contributed by atoms with Crippen molar-refractivity contribution in [3.05, 3.63) is 71.8 Å². The molecule has 86 valence electrons. The van der Waals surface area contributed by atoms with Gasteiger partial charge in [0.2, 0.25) is 0 Å². The lowest BCUT2D eigenvalue weighted by atomic mass is 10.0. The second kappa shape index (κ2) is 4.72. The van der Waals surface area contributed by atoms with Crippen molar-refractivity contribution < 1.29 is 4.74 Å². The molecule has 0 radical (unpaired) electrons. The standard InChI is InChI=1S/C16H16O/c1-3-7-13(8-4-1)11-15-16(17-15)12-14-9-5-2-6-10-14/h1-10,15-16H,11-12H2/t15-,16-/m1/s1. The van der Waals surface area contributed by atoms with E-state index in [1.54, 1.807) is 0 Å². The van der Waals surface area contributed by atoms with Crippen LogP contribution < -0.4 is 0 Å². The number of epoxide rings is 1. The van der Waals surface area contributed by atoms with Gasteiger partial charge in [0, 0.05) is 12.8 Å². The second-order valence-corrected chi connectivity index (χ2v) is 4.59. The van der Waals surface area contributed by atoms with Crippen molar-refractivity contribution in [2.24, 2.45) is 0 Å². The zero-order chi connectivity index (χ0) is 11.5. The maximum Gasteiger partial charge on any atom is 0.0885 e. The topological polar surface area (TPSA) is 12.5 Å². The van der Waals surface area contributed by atoms with Crippen molar-refractivity contribution >= 4 is 0 Å². The predicted octanol–water partition coefficient (Wildman–Crippen LogP) is 3.24. The zero-order valence-corrected chi connectivity index (χ0v) is 9.75. The molecule has 2 aromatic rings. The van der Waals surface area contributed by atoms with Crippen LogP contribution in [0.1, 0.15) is 11.1 Å². The molecule has 2 aromatic carbocycles. The van der Waals surface area contributed by atoms with E-state index in [2.05, 4.69) is 60.7 Å². The quantitative estimate of drug-likeness (QED) is 0.726. The summed E-state index contributed by atoms with van der Waals surface area (Å²) in [5, 5.41) is 0. The van der Waals surface area contributed by atoms with Gasteiger partial charge in [0.15, 0.2) is 0 Å². The van der Waals surface area contributed by atoms with Crippen molar-refractivity contribution in [3.63, 3.8) is 0 Å². The van der Waals surface area contributed by atoms with E-state index in [9.17, 15) is 0 Å². The Labute approximate surface area is 102 Å². The normalized spacial score (nSPS) is 22.4. The molecule has 1 heteroatoms. The van der Waals surface area contributed by atoms with E-state index in [1.165, 1.54) is 11.1 Å². The third-order valence-electron chi connectivity index (χ3n) is 3.25. The Morgan fingerprint density at radius 3 is 1.47 bits per heavy atom. The van der Waals surface area contributed by atoms with Gasteiger partial charge in [0.25, 0.3) is 0 Å². The van der Waals surface area contributed by atoms with Gasteiger partial charge in [-0.2, -0.15) is 0 Å². The summed E-state index contributed by atoms with van der Waals surface area (Å²) in [5.74, 6) is 0. The highest BCUT2D eigenvalue weighted by atomic mass is 16.6. The minimum Gasteiger partial charge on any atom is -0.369 e. The van der Waals surface area contributed by atoms with Gasteiger partial charge in [0.1, 0.15) is 0 Å². The van der Waals surface area contributed by atoms with E-state index in [0.717, 1.165) is 12.8 Å². The minimum atomic E-state index is 0.414. The highest BCUT2D eigenvalue weighted by Gasteiger charge is 2.38. The number of benzene rings is 2. The first-order valence-corrected chi connectivity index (χ1v) is 6.15. The van der Waals surface area contributed by atoms with E-state index in [4.69, 9.17) is 4.74 Å². The highest BCUT2D eigenvalue weighted by Crippen LogP contribution is 2.29. The maximum absolute atomic E-state index is 5.72. The number of rotatable bonds is 4. The van der Waals surface area contributed by atoms with Gasteiger partial charge in [-0.1, -0.05) is 60.7 Å². The fourth-order valence-corrected chi connectivity index (χ4v) is 2.23. The Kier molecular flexibility index (Phi) is 2.93. The van der Waals surface area contributed by atoms with E-state index in [-0.39, 0.29) is 0 Å². The lowest BCUT2D eigenvalue weighted by Crippen LogP contribution is -2.01. The van der Waals surface area contributed by atoms with Crippen molar-refractivity contribution in [1.82, 2.24) is 0 Å². The average Bonchev–Trinajstić information content (AvgIpc) is 3.10. The smallest absolute Gasteiger partial charge is 0.0885 e. The first-order valence-electron chi connectivity index (χ1n) is 6.15. The molecule has 1 saturated heterocycles. The van der Waals surface area contributed by atoms with Crippen molar-refractivity contribution in [2.75, 3.05) is 0 Å². The Morgan fingerprint density at radius 1 is 0.647 bits per heavy atom. The maximum atomic E-state index is 5.72. The van der Waals surface area contributed by atoms with Gasteiger partial charge >= 0.3 is 0 Å². The molecule has 0 aliphatic carbocycles. The van der Waals surface area contributed by atoms with Crippen LogP contribution >= 0.6 is 0 Å². The Bertz CT molecular complexity index is 418. The molecule has 3 rings (SSSR count). The van der Waals surface area contributed by atoms with E-state index in [0.29, 0.717) is 12.2 Å². The fraction of sp³-hybridized carbons (Fsp3) is 0.250. The highest BCUT2D eigenvalue weighted by molar-refractivity contribution is 5.20. The molecule has 0 amide bonds. The van der Waals surface area contributed by atoms with Gasteiger partial charge in [-0.25, -0.2) is 0 Å². The van der Waals surface area contributed by atoms with Gasteiger partial charge in [-0.3, -0.25) is 0 Å². The molecule has 1 fully saturated rings. The lowest BCUT2D eigenvalue weighted by Gasteiger charge is -1.98. The van der Waals surface area contributed by atoms with Gasteiger partial charge in [0.05, 0.1) is 12.2 Å². The molecule has 0 spiro atoms. The van der Waals surface area contributed by atoms with Crippen LogP contribution in [0.5, 0.6) is 0 Å². The third kappa shape index (κ3) is 2.75. The number of ether oxygens (including phenoxy) is 1. The Balaban J connectivity index is 1.54. The summed E-state index contributed by atoms with van der Waals surface area (Å²) < 4.78 is 5.72. The third-order valence-corrected chi connectivity index (χ3v) is 3.25.